The van der Waals surface area contributed by atoms with Gasteiger partial charge in [0, 0.05) is 23.7 Å². The first-order valence-corrected chi connectivity index (χ1v) is 5.28. The largest absolute Gasteiger partial charge is 0.396 e. The molecule has 0 saturated heterocycles. The van der Waals surface area contributed by atoms with Gasteiger partial charge in [-0.05, 0) is 25.3 Å². The normalized spacial score (nSPS) is 14.6. The molecule has 4 heteroatoms. The maximum atomic E-state index is 8.75. The molecule has 0 aromatic heterocycles. The second-order valence-electron chi connectivity index (χ2n) is 3.16. The maximum Gasteiger partial charge on any atom is 0.0456 e. The smallest absolute Gasteiger partial charge is 0.0456 e. The zero-order valence-electron chi connectivity index (χ0n) is 7.89. The highest BCUT2D eigenvalue weighted by Crippen LogP contribution is 2.03. The molecular weight excluding hydrogens is 209 g/mol. The number of hydrogen-bond donors (Lipinski definition) is 2. The Labute approximate surface area is 89.9 Å². The van der Waals surface area contributed by atoms with Crippen molar-refractivity contribution in [3.63, 3.8) is 0 Å². The third-order valence-electron chi connectivity index (χ3n) is 1.77. The van der Waals surface area contributed by atoms with Crippen molar-refractivity contribution in [1.29, 1.82) is 0 Å². The number of aliphatic hydroxyl groups is 1. The van der Waals surface area contributed by atoms with Crippen LogP contribution >= 0.6 is 23.2 Å². The minimum Gasteiger partial charge on any atom is -0.396 e. The summed E-state index contributed by atoms with van der Waals surface area (Å²) in [5, 5.41) is 12.5. The van der Waals surface area contributed by atoms with Crippen molar-refractivity contribution < 1.29 is 5.11 Å². The van der Waals surface area contributed by atoms with Crippen molar-refractivity contribution in [1.82, 2.24) is 5.32 Å². The van der Waals surface area contributed by atoms with Crippen LogP contribution in [0.1, 0.15) is 19.8 Å². The van der Waals surface area contributed by atoms with E-state index in [1.165, 1.54) is 5.54 Å². The first-order chi connectivity index (χ1) is 6.20. The maximum absolute atomic E-state index is 8.75. The number of aliphatic hydroxyl groups excluding tert-OH is 1. The molecule has 0 radical (unpaired) electrons. The predicted molar refractivity (Wildman–Crippen MR) is 58.1 cm³/mol. The Balaban J connectivity index is 3.17. The van der Waals surface area contributed by atoms with Crippen LogP contribution in [0.25, 0.3) is 0 Å². The summed E-state index contributed by atoms with van der Waals surface area (Å²) < 4.78 is 0. The lowest BCUT2D eigenvalue weighted by molar-refractivity contribution is 0.228. The molecule has 0 fully saturated rings. The number of rotatable bonds is 7. The third-order valence-corrected chi connectivity index (χ3v) is 2.39. The summed E-state index contributed by atoms with van der Waals surface area (Å²) in [6, 6.07) is 0. The highest BCUT2D eigenvalue weighted by Gasteiger charge is 1.98. The van der Waals surface area contributed by atoms with E-state index in [2.05, 4.69) is 5.32 Å². The molecule has 2 nitrogen and oxygen atoms in total. The molecule has 2 N–H and O–H groups in total. The Morgan fingerprint density at radius 2 is 2.31 bits per heavy atom. The van der Waals surface area contributed by atoms with Crippen LogP contribution in [0.5, 0.6) is 0 Å². The van der Waals surface area contributed by atoms with Gasteiger partial charge in [-0.15, -0.1) is 0 Å². The molecular formula is C9H17Cl2NO. The van der Waals surface area contributed by atoms with Gasteiger partial charge in [0.25, 0.3) is 0 Å². The molecule has 13 heavy (non-hydrogen) atoms. The molecule has 0 amide bonds. The molecule has 78 valence electrons. The fourth-order valence-electron chi connectivity index (χ4n) is 0.913. The molecule has 0 aromatic rings. The lowest BCUT2D eigenvalue weighted by atomic mass is 10.1. The topological polar surface area (TPSA) is 32.3 Å². The summed E-state index contributed by atoms with van der Waals surface area (Å²) in [5.41, 5.74) is 1.37. The highest BCUT2D eigenvalue weighted by molar-refractivity contribution is 6.36. The Morgan fingerprint density at radius 1 is 1.62 bits per heavy atom. The minimum absolute atomic E-state index is 0.266. The molecule has 0 aromatic carbocycles. The van der Waals surface area contributed by atoms with Crippen molar-refractivity contribution in [3.05, 3.63) is 10.6 Å². The van der Waals surface area contributed by atoms with Crippen LogP contribution in [0.3, 0.4) is 0 Å². The van der Waals surface area contributed by atoms with E-state index in [-0.39, 0.29) is 6.61 Å². The highest BCUT2D eigenvalue weighted by atomic mass is 35.5. The average molecular weight is 226 g/mol. The molecule has 0 aliphatic rings. The van der Waals surface area contributed by atoms with E-state index < -0.39 is 0 Å². The van der Waals surface area contributed by atoms with Crippen molar-refractivity contribution >= 4 is 23.2 Å². The van der Waals surface area contributed by atoms with E-state index in [0.29, 0.717) is 17.5 Å². The molecule has 1 unspecified atom stereocenters. The summed E-state index contributed by atoms with van der Waals surface area (Å²) in [4.78, 5) is 0. The summed E-state index contributed by atoms with van der Waals surface area (Å²) in [5.74, 6) is 0.390. The fraction of sp³-hybridized carbons (Fsp3) is 0.778. The Bertz CT molecular complexity index is 151. The van der Waals surface area contributed by atoms with Crippen LogP contribution in [-0.2, 0) is 0 Å². The van der Waals surface area contributed by atoms with E-state index >= 15 is 0 Å². The second-order valence-corrected chi connectivity index (χ2v) is 3.87. The summed E-state index contributed by atoms with van der Waals surface area (Å²) in [6.45, 7) is 3.83. The lowest BCUT2D eigenvalue weighted by Gasteiger charge is -2.07. The Morgan fingerprint density at radius 3 is 2.85 bits per heavy atom. The molecule has 0 aliphatic heterocycles. The van der Waals surface area contributed by atoms with Crippen LogP contribution < -0.4 is 5.32 Å². The Kier molecular flexibility index (Phi) is 8.98. The predicted octanol–water partition coefficient (Wildman–Crippen LogP) is 2.30. The quantitative estimate of drug-likeness (QED) is 0.653. The molecule has 1 atom stereocenters. The SMILES string of the molecule is CC(CO)CCCNCC(Cl)=CCl. The molecule has 0 aliphatic carbocycles. The fourth-order valence-corrected chi connectivity index (χ4v) is 1.08. The molecule has 0 bridgehead atoms. The van der Waals surface area contributed by atoms with Crippen molar-refractivity contribution in [2.45, 2.75) is 19.8 Å². The zero-order chi connectivity index (χ0) is 10.1. The first kappa shape index (κ1) is 13.2. The van der Waals surface area contributed by atoms with Gasteiger partial charge in [-0.25, -0.2) is 0 Å². The summed E-state index contributed by atoms with van der Waals surface area (Å²) >= 11 is 11.0. The zero-order valence-corrected chi connectivity index (χ0v) is 9.41. The van der Waals surface area contributed by atoms with E-state index in [9.17, 15) is 0 Å². The van der Waals surface area contributed by atoms with Crippen LogP contribution in [0.4, 0.5) is 0 Å². The van der Waals surface area contributed by atoms with Crippen LogP contribution in [-0.4, -0.2) is 24.8 Å². The average Bonchev–Trinajstić information content (AvgIpc) is 2.16. The number of halogens is 2. The van der Waals surface area contributed by atoms with Gasteiger partial charge in [-0.2, -0.15) is 0 Å². The summed E-state index contributed by atoms with van der Waals surface area (Å²) in [7, 11) is 0. The van der Waals surface area contributed by atoms with Crippen LogP contribution in [0.2, 0.25) is 0 Å². The van der Waals surface area contributed by atoms with Crippen molar-refractivity contribution in [3.8, 4) is 0 Å². The van der Waals surface area contributed by atoms with Crippen molar-refractivity contribution in [2.24, 2.45) is 5.92 Å². The van der Waals surface area contributed by atoms with Crippen molar-refractivity contribution in [2.75, 3.05) is 19.7 Å². The van der Waals surface area contributed by atoms with Gasteiger partial charge < -0.3 is 10.4 Å². The van der Waals surface area contributed by atoms with Gasteiger partial charge >= 0.3 is 0 Å². The standard InChI is InChI=1S/C9H17Cl2NO/c1-8(7-13)3-2-4-12-6-9(11)5-10/h5,8,12-13H,2-4,6-7H2,1H3. The first-order valence-electron chi connectivity index (χ1n) is 4.47. The molecule has 0 spiro atoms. The minimum atomic E-state index is 0.266. The second kappa shape index (κ2) is 8.82. The number of hydrogen-bond acceptors (Lipinski definition) is 2. The Hall–Kier alpha value is 0.240. The lowest BCUT2D eigenvalue weighted by Crippen LogP contribution is -2.17. The van der Waals surface area contributed by atoms with Gasteiger partial charge in [0.15, 0.2) is 0 Å². The van der Waals surface area contributed by atoms with E-state index in [0.717, 1.165) is 19.4 Å². The molecule has 0 saturated carbocycles. The van der Waals surface area contributed by atoms with E-state index in [1.807, 2.05) is 6.92 Å². The molecule has 0 heterocycles. The van der Waals surface area contributed by atoms with Crippen LogP contribution in [0, 0.1) is 5.92 Å². The molecule has 0 rings (SSSR count). The van der Waals surface area contributed by atoms with Gasteiger partial charge in [-0.3, -0.25) is 0 Å². The van der Waals surface area contributed by atoms with Gasteiger partial charge in [0.05, 0.1) is 0 Å². The van der Waals surface area contributed by atoms with Gasteiger partial charge in [0.2, 0.25) is 0 Å². The number of nitrogens with one attached hydrogen (secondary N) is 1. The van der Waals surface area contributed by atoms with Gasteiger partial charge in [-0.1, -0.05) is 30.1 Å². The van der Waals surface area contributed by atoms with Crippen LogP contribution in [0.15, 0.2) is 10.6 Å². The van der Waals surface area contributed by atoms with E-state index in [4.69, 9.17) is 28.3 Å². The van der Waals surface area contributed by atoms with Gasteiger partial charge in [0.1, 0.15) is 0 Å². The van der Waals surface area contributed by atoms with E-state index in [1.54, 1.807) is 0 Å². The third kappa shape index (κ3) is 8.57. The monoisotopic (exact) mass is 225 g/mol. The summed E-state index contributed by atoms with van der Waals surface area (Å²) in [6.07, 6.45) is 2.08.